The number of nitrogens with zero attached hydrogens (tertiary/aromatic N) is 3. The molecule has 5 aromatic rings. The van der Waals surface area contributed by atoms with Crippen molar-refractivity contribution in [1.29, 1.82) is 0 Å². The largest absolute Gasteiger partial charge is 0.404 e. The summed E-state index contributed by atoms with van der Waals surface area (Å²) in [4.78, 5) is 35.7. The quantitative estimate of drug-likeness (QED) is 0.214. The third kappa shape index (κ3) is 5.88. The third-order valence-corrected chi connectivity index (χ3v) is 14.2. The Morgan fingerprint density at radius 1 is 0.889 bits per heavy atom. The monoisotopic (exact) mass is 616 g/mol. The highest BCUT2D eigenvalue weighted by molar-refractivity contribution is 6.99. The number of nitrogens with one attached hydrogen (secondary N) is 1. The summed E-state index contributed by atoms with van der Waals surface area (Å²) in [6.45, 7) is 8.80. The van der Waals surface area contributed by atoms with Crippen LogP contribution in [0.15, 0.2) is 108 Å². The van der Waals surface area contributed by atoms with E-state index in [1.165, 1.54) is 10.4 Å². The van der Waals surface area contributed by atoms with Gasteiger partial charge in [-0.25, -0.2) is 4.98 Å². The van der Waals surface area contributed by atoms with Crippen molar-refractivity contribution < 1.29 is 9.22 Å². The summed E-state index contributed by atoms with van der Waals surface area (Å²) < 4.78 is 9.49. The van der Waals surface area contributed by atoms with Crippen LogP contribution in [0.1, 0.15) is 68.4 Å². The van der Waals surface area contributed by atoms with Crippen LogP contribution in [0, 0.1) is 6.92 Å². The van der Waals surface area contributed by atoms with Crippen molar-refractivity contribution >= 4 is 41.3 Å². The molecule has 8 heteroatoms. The summed E-state index contributed by atoms with van der Waals surface area (Å²) in [7, 11) is -2.67. The van der Waals surface area contributed by atoms with Crippen LogP contribution in [-0.2, 0) is 4.43 Å². The zero-order valence-electron chi connectivity index (χ0n) is 26.4. The fourth-order valence-corrected chi connectivity index (χ4v) is 11.6. The van der Waals surface area contributed by atoms with Crippen molar-refractivity contribution in [3.8, 4) is 0 Å². The average Bonchev–Trinajstić information content (AvgIpc) is 3.05. The molecule has 0 radical (unpaired) electrons. The molecule has 45 heavy (non-hydrogen) atoms. The van der Waals surface area contributed by atoms with Gasteiger partial charge in [-0.3, -0.25) is 14.6 Å². The molecule has 1 amide bonds. The normalized spacial score (nSPS) is 17.2. The van der Waals surface area contributed by atoms with Crippen LogP contribution < -0.4 is 21.1 Å². The number of rotatable bonds is 7. The van der Waals surface area contributed by atoms with Gasteiger partial charge in [-0.15, -0.1) is 0 Å². The zero-order valence-corrected chi connectivity index (χ0v) is 27.4. The van der Waals surface area contributed by atoms with E-state index < -0.39 is 14.2 Å². The van der Waals surface area contributed by atoms with E-state index in [-0.39, 0.29) is 28.2 Å². The number of hydrogen-bond acceptors (Lipinski definition) is 5. The summed E-state index contributed by atoms with van der Waals surface area (Å²) >= 11 is 0. The summed E-state index contributed by atoms with van der Waals surface area (Å²) in [6, 6.07) is 26.8. The maximum Gasteiger partial charge on any atom is 0.261 e. The highest BCUT2D eigenvalue weighted by atomic mass is 28.4. The van der Waals surface area contributed by atoms with Crippen LogP contribution in [0.5, 0.6) is 0 Å². The first kappa shape index (κ1) is 30.6. The van der Waals surface area contributed by atoms with Crippen molar-refractivity contribution in [3.63, 3.8) is 0 Å². The molecule has 0 aliphatic heterocycles. The van der Waals surface area contributed by atoms with Crippen molar-refractivity contribution in [3.05, 3.63) is 125 Å². The SMILES string of the molecule is Cc1cnccc1NC(=O)c1cn(C2CCC(O[Si](c3ccccc3)(c3ccccc3)C(C)(C)C)CC2)c2ncccc2c1=O. The Morgan fingerprint density at radius 2 is 1.53 bits per heavy atom. The van der Waals surface area contributed by atoms with Crippen LogP contribution in [0.4, 0.5) is 5.69 Å². The fourth-order valence-electron chi connectivity index (χ4n) is 6.81. The Morgan fingerprint density at radius 3 is 2.13 bits per heavy atom. The van der Waals surface area contributed by atoms with E-state index in [4.69, 9.17) is 4.43 Å². The Balaban J connectivity index is 1.31. The fraction of sp³-hybridized carbons (Fsp3) is 0.297. The smallest absolute Gasteiger partial charge is 0.261 e. The highest BCUT2D eigenvalue weighted by Gasteiger charge is 2.51. The minimum absolute atomic E-state index is 0.0798. The molecule has 230 valence electrons. The van der Waals surface area contributed by atoms with Crippen LogP contribution in [0.25, 0.3) is 11.0 Å². The van der Waals surface area contributed by atoms with Crippen LogP contribution in [0.2, 0.25) is 5.04 Å². The van der Waals surface area contributed by atoms with Crippen molar-refractivity contribution in [2.75, 3.05) is 5.32 Å². The van der Waals surface area contributed by atoms with Gasteiger partial charge in [0.25, 0.3) is 14.2 Å². The van der Waals surface area contributed by atoms with E-state index in [1.54, 1.807) is 43.0 Å². The molecule has 6 rings (SSSR count). The van der Waals surface area contributed by atoms with Gasteiger partial charge in [0.15, 0.2) is 0 Å². The minimum Gasteiger partial charge on any atom is -0.404 e. The van der Waals surface area contributed by atoms with E-state index in [1.807, 2.05) is 11.5 Å². The van der Waals surface area contributed by atoms with Crippen molar-refractivity contribution in [2.24, 2.45) is 0 Å². The molecule has 0 spiro atoms. The lowest BCUT2D eigenvalue weighted by Crippen LogP contribution is -2.67. The molecule has 1 aliphatic carbocycles. The lowest BCUT2D eigenvalue weighted by Gasteiger charge is -2.46. The first-order valence-electron chi connectivity index (χ1n) is 15.7. The predicted molar refractivity (Wildman–Crippen MR) is 183 cm³/mol. The van der Waals surface area contributed by atoms with Gasteiger partial charge < -0.3 is 14.3 Å². The predicted octanol–water partition coefficient (Wildman–Crippen LogP) is 6.41. The third-order valence-electron chi connectivity index (χ3n) is 9.10. The van der Waals surface area contributed by atoms with E-state index in [2.05, 4.69) is 96.7 Å². The van der Waals surface area contributed by atoms with Gasteiger partial charge in [0, 0.05) is 42.6 Å². The maximum atomic E-state index is 13.5. The molecule has 1 saturated carbocycles. The van der Waals surface area contributed by atoms with Crippen LogP contribution in [-0.4, -0.2) is 34.9 Å². The van der Waals surface area contributed by atoms with E-state index in [9.17, 15) is 9.59 Å². The average molecular weight is 617 g/mol. The first-order chi connectivity index (χ1) is 21.7. The van der Waals surface area contributed by atoms with Crippen molar-refractivity contribution in [2.45, 2.75) is 70.6 Å². The Hall–Kier alpha value is -4.40. The number of pyridine rings is 3. The van der Waals surface area contributed by atoms with Crippen LogP contribution >= 0.6 is 0 Å². The second-order valence-electron chi connectivity index (χ2n) is 13.0. The van der Waals surface area contributed by atoms with Gasteiger partial charge >= 0.3 is 0 Å². The molecular formula is C37H40N4O3Si. The van der Waals surface area contributed by atoms with Gasteiger partial charge in [0.05, 0.1) is 5.39 Å². The Kier molecular flexibility index (Phi) is 8.53. The number of carbonyl (C=O) groups is 1. The van der Waals surface area contributed by atoms with Crippen molar-refractivity contribution in [1.82, 2.24) is 14.5 Å². The molecule has 7 nitrogen and oxygen atoms in total. The van der Waals surface area contributed by atoms with E-state index in [0.717, 1.165) is 31.2 Å². The first-order valence-corrected chi connectivity index (χ1v) is 17.6. The molecule has 1 aliphatic rings. The number of benzene rings is 2. The number of aryl methyl sites for hydroxylation is 1. The highest BCUT2D eigenvalue weighted by Crippen LogP contribution is 2.40. The summed E-state index contributed by atoms with van der Waals surface area (Å²) in [6.07, 6.45) is 10.2. The van der Waals surface area contributed by atoms with Gasteiger partial charge in [-0.2, -0.15) is 0 Å². The summed E-state index contributed by atoms with van der Waals surface area (Å²) in [5.41, 5.74) is 1.86. The standard InChI is InChI=1S/C37H40N4O3Si/c1-26-24-38-23-21-33(26)40-36(43)32-25-41(35-31(34(32)42)16-11-22-39-35)27-17-19-28(20-18-27)44-45(37(2,3)4,29-12-7-5-8-13-29)30-14-9-6-10-15-30/h5-16,21-25,27-28H,17-20H2,1-4H3,(H,38,40,43). The molecule has 1 N–H and O–H groups in total. The summed E-state index contributed by atoms with van der Waals surface area (Å²) in [5.74, 6) is -0.433. The second-order valence-corrected chi connectivity index (χ2v) is 17.3. The molecule has 1 fully saturated rings. The topological polar surface area (TPSA) is 86.1 Å². The number of fused-ring (bicyclic) bond motifs is 1. The molecule has 3 heterocycles. The number of aromatic nitrogens is 3. The van der Waals surface area contributed by atoms with E-state index >= 15 is 0 Å². The molecular weight excluding hydrogens is 577 g/mol. The molecule has 0 atom stereocenters. The lowest BCUT2D eigenvalue weighted by atomic mass is 9.92. The number of carbonyl (C=O) groups excluding carboxylic acids is 1. The molecule has 2 aromatic carbocycles. The van der Waals surface area contributed by atoms with Gasteiger partial charge in [-0.05, 0) is 71.8 Å². The number of hydrogen-bond donors (Lipinski definition) is 1. The van der Waals surface area contributed by atoms with Gasteiger partial charge in [-0.1, -0.05) is 81.4 Å². The Labute approximate surface area is 265 Å². The molecule has 0 bridgehead atoms. The van der Waals surface area contributed by atoms with E-state index in [0.29, 0.717) is 16.7 Å². The summed E-state index contributed by atoms with van der Waals surface area (Å²) in [5, 5.41) is 5.82. The maximum absolute atomic E-state index is 13.5. The van der Waals surface area contributed by atoms with Gasteiger partial charge in [0.2, 0.25) is 5.43 Å². The lowest BCUT2D eigenvalue weighted by molar-refractivity contribution is 0.102. The van der Waals surface area contributed by atoms with Crippen LogP contribution in [0.3, 0.4) is 0 Å². The number of anilines is 1. The number of amides is 1. The minimum atomic E-state index is -2.67. The van der Waals surface area contributed by atoms with Gasteiger partial charge in [0.1, 0.15) is 11.2 Å². The molecule has 0 unspecified atom stereocenters. The Bertz CT molecular complexity index is 1820. The molecule has 3 aromatic heterocycles. The molecule has 0 saturated heterocycles. The second kappa shape index (κ2) is 12.5. The zero-order chi connectivity index (χ0) is 31.6.